The minimum absolute atomic E-state index is 0.0530. The summed E-state index contributed by atoms with van der Waals surface area (Å²) < 4.78 is 5.82. The first kappa shape index (κ1) is 21.5. The standard InChI is InChI=1S/C21H32N6O/c22-20(23)18-7-6-17-15-19(9-8-16(17)14-18)28-13-12-26-10-4-2-1-3-5-11-27-21(24)25/h6-9,14-15,26H,1-5,10-13H2,(H3,22,23)(H4,24,25,27). The van der Waals surface area contributed by atoms with Gasteiger partial charge in [0.05, 0.1) is 0 Å². The fraction of sp³-hybridized carbons (Fsp3) is 0.429. The second-order valence-electron chi connectivity index (χ2n) is 6.84. The van der Waals surface area contributed by atoms with Gasteiger partial charge in [0, 0.05) is 18.7 Å². The molecule has 28 heavy (non-hydrogen) atoms. The van der Waals surface area contributed by atoms with E-state index in [2.05, 4.69) is 10.6 Å². The number of amidine groups is 1. The van der Waals surface area contributed by atoms with Crippen molar-refractivity contribution in [1.29, 1.82) is 10.8 Å². The van der Waals surface area contributed by atoms with Crippen molar-refractivity contribution >= 4 is 22.6 Å². The van der Waals surface area contributed by atoms with Gasteiger partial charge in [-0.2, -0.15) is 0 Å². The summed E-state index contributed by atoms with van der Waals surface area (Å²) in [6.45, 7) is 3.25. The fourth-order valence-electron chi connectivity index (χ4n) is 2.98. The Morgan fingerprint density at radius 1 is 0.821 bits per heavy atom. The number of unbranched alkanes of at least 4 members (excludes halogenated alkanes) is 4. The Morgan fingerprint density at radius 3 is 2.25 bits per heavy atom. The lowest BCUT2D eigenvalue weighted by Crippen LogP contribution is -2.30. The maximum Gasteiger partial charge on any atom is 0.185 e. The molecule has 0 unspecified atom stereocenters. The molecule has 7 nitrogen and oxygen atoms in total. The quantitative estimate of drug-likeness (QED) is 0.179. The van der Waals surface area contributed by atoms with Crippen LogP contribution in [0.15, 0.2) is 36.4 Å². The smallest absolute Gasteiger partial charge is 0.185 e. The van der Waals surface area contributed by atoms with Crippen molar-refractivity contribution in [2.24, 2.45) is 11.5 Å². The van der Waals surface area contributed by atoms with E-state index in [1.165, 1.54) is 19.3 Å². The third-order valence-corrected chi connectivity index (χ3v) is 4.52. The summed E-state index contributed by atoms with van der Waals surface area (Å²) in [4.78, 5) is 0. The van der Waals surface area contributed by atoms with Crippen LogP contribution in [0.1, 0.15) is 37.7 Å². The van der Waals surface area contributed by atoms with Crippen LogP contribution in [0.25, 0.3) is 10.8 Å². The highest BCUT2D eigenvalue weighted by molar-refractivity contribution is 5.99. The first-order valence-corrected chi connectivity index (χ1v) is 9.86. The van der Waals surface area contributed by atoms with Crippen LogP contribution in [0.4, 0.5) is 0 Å². The number of nitrogen functional groups attached to an aromatic ring is 1. The molecule has 2 rings (SSSR count). The molecular weight excluding hydrogens is 352 g/mol. The molecule has 0 aliphatic carbocycles. The zero-order valence-electron chi connectivity index (χ0n) is 16.4. The zero-order chi connectivity index (χ0) is 20.2. The Hall–Kier alpha value is -2.80. The number of rotatable bonds is 13. The van der Waals surface area contributed by atoms with Crippen molar-refractivity contribution in [1.82, 2.24) is 10.6 Å². The summed E-state index contributed by atoms with van der Waals surface area (Å²) in [6.07, 6.45) is 5.80. The van der Waals surface area contributed by atoms with Crippen molar-refractivity contribution in [3.05, 3.63) is 42.0 Å². The van der Waals surface area contributed by atoms with E-state index in [0.29, 0.717) is 6.61 Å². The van der Waals surface area contributed by atoms with Crippen molar-refractivity contribution in [2.45, 2.75) is 32.1 Å². The molecule has 0 aliphatic rings. The van der Waals surface area contributed by atoms with Gasteiger partial charge in [-0.3, -0.25) is 10.8 Å². The van der Waals surface area contributed by atoms with Crippen LogP contribution in [-0.4, -0.2) is 38.0 Å². The van der Waals surface area contributed by atoms with Gasteiger partial charge in [0.15, 0.2) is 5.96 Å². The zero-order valence-corrected chi connectivity index (χ0v) is 16.4. The Labute approximate surface area is 166 Å². The van der Waals surface area contributed by atoms with Crippen molar-refractivity contribution in [2.75, 3.05) is 26.2 Å². The maximum absolute atomic E-state index is 7.51. The molecule has 0 saturated heterocycles. The minimum atomic E-state index is 0.0530. The first-order valence-electron chi connectivity index (χ1n) is 9.86. The van der Waals surface area contributed by atoms with E-state index in [-0.39, 0.29) is 11.8 Å². The molecule has 0 aromatic heterocycles. The summed E-state index contributed by atoms with van der Waals surface area (Å²) in [5.74, 6) is 0.986. The van der Waals surface area contributed by atoms with Gasteiger partial charge >= 0.3 is 0 Å². The van der Waals surface area contributed by atoms with Gasteiger partial charge in [-0.05, 0) is 48.4 Å². The van der Waals surface area contributed by atoms with Crippen LogP contribution in [0.3, 0.4) is 0 Å². The molecule has 0 heterocycles. The second kappa shape index (κ2) is 11.8. The average molecular weight is 385 g/mol. The van der Waals surface area contributed by atoms with Gasteiger partial charge in [0.1, 0.15) is 18.2 Å². The highest BCUT2D eigenvalue weighted by atomic mass is 16.5. The van der Waals surface area contributed by atoms with Crippen LogP contribution < -0.4 is 26.8 Å². The second-order valence-corrected chi connectivity index (χ2v) is 6.84. The summed E-state index contributed by atoms with van der Waals surface area (Å²) >= 11 is 0. The number of hydrogen-bond acceptors (Lipinski definition) is 4. The summed E-state index contributed by atoms with van der Waals surface area (Å²) in [5.41, 5.74) is 11.5. The van der Waals surface area contributed by atoms with Crippen molar-refractivity contribution in [3.8, 4) is 5.75 Å². The van der Waals surface area contributed by atoms with Crippen LogP contribution in [0, 0.1) is 10.8 Å². The number of nitrogens with one attached hydrogen (secondary N) is 4. The molecule has 0 aliphatic heterocycles. The Morgan fingerprint density at radius 2 is 1.50 bits per heavy atom. The number of nitrogens with two attached hydrogens (primary N) is 2. The molecule has 2 aromatic rings. The molecule has 0 fully saturated rings. The third kappa shape index (κ3) is 7.84. The summed E-state index contributed by atoms with van der Waals surface area (Å²) in [7, 11) is 0. The first-order chi connectivity index (χ1) is 13.6. The number of hydrogen-bond donors (Lipinski definition) is 6. The number of guanidine groups is 1. The molecule has 8 N–H and O–H groups in total. The van der Waals surface area contributed by atoms with Crippen LogP contribution in [0.5, 0.6) is 5.75 Å². The largest absolute Gasteiger partial charge is 0.492 e. The Kier molecular flexibility index (Phi) is 9.07. The maximum atomic E-state index is 7.51. The highest BCUT2D eigenvalue weighted by Crippen LogP contribution is 2.22. The van der Waals surface area contributed by atoms with Crippen molar-refractivity contribution < 1.29 is 4.74 Å². The van der Waals surface area contributed by atoms with Crippen LogP contribution in [0.2, 0.25) is 0 Å². The molecule has 0 amide bonds. The van der Waals surface area contributed by atoms with Crippen LogP contribution in [-0.2, 0) is 0 Å². The topological polar surface area (TPSA) is 133 Å². The Balaban J connectivity index is 1.54. The van der Waals surface area contributed by atoms with Gasteiger partial charge in [-0.15, -0.1) is 0 Å². The van der Waals surface area contributed by atoms with E-state index in [1.54, 1.807) is 0 Å². The molecule has 0 saturated carbocycles. The lowest BCUT2D eigenvalue weighted by molar-refractivity contribution is 0.314. The molecule has 7 heteroatoms. The summed E-state index contributed by atoms with van der Waals surface area (Å²) in [5, 5.41) is 22.9. The molecule has 0 spiro atoms. The number of ether oxygens (including phenoxy) is 1. The Bertz CT molecular complexity index is 777. The molecular formula is C21H32N6O. The van der Waals surface area contributed by atoms with Gasteiger partial charge in [0.2, 0.25) is 0 Å². The summed E-state index contributed by atoms with van der Waals surface area (Å²) in [6, 6.07) is 11.7. The molecule has 0 bridgehead atoms. The highest BCUT2D eigenvalue weighted by Gasteiger charge is 2.01. The molecule has 152 valence electrons. The van der Waals surface area contributed by atoms with E-state index in [4.69, 9.17) is 27.0 Å². The predicted molar refractivity (Wildman–Crippen MR) is 116 cm³/mol. The van der Waals surface area contributed by atoms with Gasteiger partial charge < -0.3 is 26.8 Å². The minimum Gasteiger partial charge on any atom is -0.492 e. The number of benzene rings is 2. The normalized spacial score (nSPS) is 10.7. The van der Waals surface area contributed by atoms with E-state index in [1.807, 2.05) is 36.4 Å². The lowest BCUT2D eigenvalue weighted by atomic mass is 10.1. The van der Waals surface area contributed by atoms with E-state index < -0.39 is 0 Å². The molecule has 2 aromatic carbocycles. The van der Waals surface area contributed by atoms with Gasteiger partial charge in [0.25, 0.3) is 0 Å². The van der Waals surface area contributed by atoms with Crippen LogP contribution >= 0.6 is 0 Å². The van der Waals surface area contributed by atoms with E-state index >= 15 is 0 Å². The monoisotopic (exact) mass is 384 g/mol. The predicted octanol–water partition coefficient (Wildman–Crippen LogP) is 2.53. The molecule has 0 atom stereocenters. The van der Waals surface area contributed by atoms with Gasteiger partial charge in [-0.25, -0.2) is 0 Å². The SMILES string of the molecule is N=C(N)NCCCCCCCNCCOc1ccc2cc(C(=N)N)ccc2c1. The van der Waals surface area contributed by atoms with Gasteiger partial charge in [-0.1, -0.05) is 37.5 Å². The third-order valence-electron chi connectivity index (χ3n) is 4.52. The molecule has 0 radical (unpaired) electrons. The van der Waals surface area contributed by atoms with E-state index in [9.17, 15) is 0 Å². The van der Waals surface area contributed by atoms with E-state index in [0.717, 1.165) is 54.6 Å². The fourth-order valence-corrected chi connectivity index (χ4v) is 2.98. The lowest BCUT2D eigenvalue weighted by Gasteiger charge is -2.09. The van der Waals surface area contributed by atoms with Crippen molar-refractivity contribution in [3.63, 3.8) is 0 Å². The number of fused-ring (bicyclic) bond motifs is 1. The average Bonchev–Trinajstić information content (AvgIpc) is 2.68.